The molecule has 0 bridgehead atoms. The fraction of sp³-hybridized carbons (Fsp3) is 0.600. The van der Waals surface area contributed by atoms with Crippen molar-refractivity contribution < 1.29 is 9.53 Å². The van der Waals surface area contributed by atoms with Gasteiger partial charge in [-0.1, -0.05) is 24.7 Å². The summed E-state index contributed by atoms with van der Waals surface area (Å²) in [6, 6.07) is 4.31. The minimum Gasteiger partial charge on any atom is -0.379 e. The van der Waals surface area contributed by atoms with Crippen LogP contribution in [0.25, 0.3) is 10.2 Å². The Balaban J connectivity index is 1.80. The number of unbranched alkanes of at least 4 members (excludes halogenated alkanes) is 1. The smallest absolute Gasteiger partial charge is 0.228 e. The highest BCUT2D eigenvalue weighted by molar-refractivity contribution is 7.22. The maximum atomic E-state index is 12.8. The number of hydrogen-bond acceptors (Lipinski definition) is 5. The minimum absolute atomic E-state index is 0.188. The van der Waals surface area contributed by atoms with Crippen LogP contribution >= 0.6 is 11.3 Å². The molecular weight excluding hydrogens is 346 g/mol. The number of thiazole rings is 1. The van der Waals surface area contributed by atoms with E-state index in [9.17, 15) is 4.79 Å². The van der Waals surface area contributed by atoms with Crippen molar-refractivity contribution in [1.29, 1.82) is 0 Å². The van der Waals surface area contributed by atoms with Gasteiger partial charge in [-0.2, -0.15) is 0 Å². The van der Waals surface area contributed by atoms with Crippen molar-refractivity contribution in [2.24, 2.45) is 0 Å². The standard InChI is InChI=1S/C20H29N3O2S/c1-4-5-6-19(24)23(8-7-22-9-11-25-12-10-22)20-21-17-13-15(2)16(3)14-18(17)26-20/h13-14H,4-12H2,1-3H3. The fourth-order valence-electron chi connectivity index (χ4n) is 3.14. The van der Waals surface area contributed by atoms with E-state index in [1.165, 1.54) is 11.1 Å². The van der Waals surface area contributed by atoms with E-state index in [4.69, 9.17) is 9.72 Å². The lowest BCUT2D eigenvalue weighted by atomic mass is 10.1. The van der Waals surface area contributed by atoms with Crippen LogP contribution in [0.15, 0.2) is 12.1 Å². The van der Waals surface area contributed by atoms with Crippen molar-refractivity contribution in [3.63, 3.8) is 0 Å². The number of morpholine rings is 1. The quantitative estimate of drug-likeness (QED) is 0.739. The van der Waals surface area contributed by atoms with Crippen LogP contribution in [0.5, 0.6) is 0 Å². The zero-order valence-corrected chi connectivity index (χ0v) is 16.9. The van der Waals surface area contributed by atoms with E-state index < -0.39 is 0 Å². The van der Waals surface area contributed by atoms with Crippen molar-refractivity contribution in [3.05, 3.63) is 23.3 Å². The number of fused-ring (bicyclic) bond motifs is 1. The molecule has 0 aliphatic carbocycles. The van der Waals surface area contributed by atoms with Crippen LogP contribution < -0.4 is 4.90 Å². The van der Waals surface area contributed by atoms with Crippen LogP contribution in [-0.4, -0.2) is 55.2 Å². The van der Waals surface area contributed by atoms with E-state index in [1.807, 2.05) is 4.90 Å². The van der Waals surface area contributed by atoms with Gasteiger partial charge in [0, 0.05) is 32.6 Å². The van der Waals surface area contributed by atoms with Gasteiger partial charge in [-0.25, -0.2) is 4.98 Å². The van der Waals surface area contributed by atoms with E-state index >= 15 is 0 Å². The Labute approximate surface area is 160 Å². The Morgan fingerprint density at radius 3 is 2.73 bits per heavy atom. The van der Waals surface area contributed by atoms with E-state index in [-0.39, 0.29) is 5.91 Å². The summed E-state index contributed by atoms with van der Waals surface area (Å²) < 4.78 is 6.58. The van der Waals surface area contributed by atoms with Crippen LogP contribution in [0.2, 0.25) is 0 Å². The van der Waals surface area contributed by atoms with E-state index in [0.717, 1.165) is 61.0 Å². The zero-order valence-electron chi connectivity index (χ0n) is 16.1. The number of carbonyl (C=O) groups excluding carboxylic acids is 1. The molecule has 1 aromatic carbocycles. The molecule has 2 heterocycles. The number of aryl methyl sites for hydroxylation is 2. The third kappa shape index (κ3) is 4.61. The summed E-state index contributed by atoms with van der Waals surface area (Å²) in [5.74, 6) is 0.188. The highest BCUT2D eigenvalue weighted by Crippen LogP contribution is 2.31. The topological polar surface area (TPSA) is 45.7 Å². The van der Waals surface area contributed by atoms with Crippen molar-refractivity contribution in [2.75, 3.05) is 44.3 Å². The largest absolute Gasteiger partial charge is 0.379 e. The van der Waals surface area contributed by atoms with Gasteiger partial charge in [0.25, 0.3) is 0 Å². The number of benzene rings is 1. The second kappa shape index (κ2) is 8.93. The van der Waals surface area contributed by atoms with Gasteiger partial charge in [0.05, 0.1) is 23.4 Å². The Kier molecular flexibility index (Phi) is 6.62. The first-order valence-corrected chi connectivity index (χ1v) is 10.4. The molecule has 26 heavy (non-hydrogen) atoms. The average molecular weight is 376 g/mol. The van der Waals surface area contributed by atoms with Crippen LogP contribution in [0, 0.1) is 13.8 Å². The van der Waals surface area contributed by atoms with Crippen molar-refractivity contribution in [3.8, 4) is 0 Å². The summed E-state index contributed by atoms with van der Waals surface area (Å²) in [5, 5.41) is 0.833. The maximum Gasteiger partial charge on any atom is 0.228 e. The number of hydrogen-bond donors (Lipinski definition) is 0. The van der Waals surface area contributed by atoms with Gasteiger partial charge in [-0.3, -0.25) is 14.6 Å². The van der Waals surface area contributed by atoms with E-state index in [1.54, 1.807) is 11.3 Å². The summed E-state index contributed by atoms with van der Waals surface area (Å²) in [4.78, 5) is 21.9. The Bertz CT molecular complexity index is 714. The Morgan fingerprint density at radius 2 is 2.00 bits per heavy atom. The summed E-state index contributed by atoms with van der Waals surface area (Å²) >= 11 is 1.63. The maximum absolute atomic E-state index is 12.8. The third-order valence-electron chi connectivity index (χ3n) is 5.01. The molecule has 1 saturated heterocycles. The Morgan fingerprint density at radius 1 is 1.27 bits per heavy atom. The SMILES string of the molecule is CCCCC(=O)N(CCN1CCOCC1)c1nc2cc(C)c(C)cc2s1. The Hall–Kier alpha value is -1.50. The molecule has 142 valence electrons. The zero-order chi connectivity index (χ0) is 18.5. The molecule has 1 fully saturated rings. The minimum atomic E-state index is 0.188. The lowest BCUT2D eigenvalue weighted by molar-refractivity contribution is -0.118. The van der Waals surface area contributed by atoms with Gasteiger partial charge in [0.1, 0.15) is 0 Å². The molecule has 2 aromatic rings. The highest BCUT2D eigenvalue weighted by atomic mass is 32.1. The molecule has 0 spiro atoms. The number of aromatic nitrogens is 1. The lowest BCUT2D eigenvalue weighted by Gasteiger charge is -2.29. The number of amides is 1. The van der Waals surface area contributed by atoms with Gasteiger partial charge in [-0.15, -0.1) is 0 Å². The van der Waals surface area contributed by atoms with Gasteiger partial charge < -0.3 is 4.74 Å². The molecule has 0 saturated carbocycles. The van der Waals surface area contributed by atoms with E-state index in [0.29, 0.717) is 13.0 Å². The molecule has 1 aliphatic heterocycles. The number of nitrogens with zero attached hydrogens (tertiary/aromatic N) is 3. The van der Waals surface area contributed by atoms with Crippen LogP contribution in [0.4, 0.5) is 5.13 Å². The predicted octanol–water partition coefficient (Wildman–Crippen LogP) is 3.77. The number of carbonyl (C=O) groups is 1. The first-order valence-electron chi connectivity index (χ1n) is 9.56. The predicted molar refractivity (Wildman–Crippen MR) is 108 cm³/mol. The van der Waals surface area contributed by atoms with Crippen molar-refractivity contribution in [1.82, 2.24) is 9.88 Å². The molecule has 0 radical (unpaired) electrons. The molecule has 0 N–H and O–H groups in total. The van der Waals surface area contributed by atoms with Gasteiger partial charge in [0.15, 0.2) is 5.13 Å². The molecule has 1 aliphatic rings. The molecule has 0 unspecified atom stereocenters. The second-order valence-electron chi connectivity index (χ2n) is 7.00. The summed E-state index contributed by atoms with van der Waals surface area (Å²) in [7, 11) is 0. The monoisotopic (exact) mass is 375 g/mol. The molecule has 3 rings (SSSR count). The molecule has 0 atom stereocenters. The molecule has 1 aromatic heterocycles. The van der Waals surface area contributed by atoms with Crippen LogP contribution in [-0.2, 0) is 9.53 Å². The molecule has 5 nitrogen and oxygen atoms in total. The van der Waals surface area contributed by atoms with Crippen LogP contribution in [0.3, 0.4) is 0 Å². The first kappa shape index (κ1) is 19.3. The summed E-state index contributed by atoms with van der Waals surface area (Å²) in [6.07, 6.45) is 2.55. The fourth-order valence-corrected chi connectivity index (χ4v) is 4.23. The molecule has 1 amide bonds. The summed E-state index contributed by atoms with van der Waals surface area (Å²) in [5.41, 5.74) is 3.50. The van der Waals surface area contributed by atoms with Gasteiger partial charge >= 0.3 is 0 Å². The van der Waals surface area contributed by atoms with Crippen molar-refractivity contribution in [2.45, 2.75) is 40.0 Å². The third-order valence-corrected chi connectivity index (χ3v) is 6.05. The number of anilines is 1. The van der Waals surface area contributed by atoms with Crippen molar-refractivity contribution >= 4 is 32.6 Å². The highest BCUT2D eigenvalue weighted by Gasteiger charge is 2.21. The number of rotatable bonds is 7. The van der Waals surface area contributed by atoms with Crippen LogP contribution in [0.1, 0.15) is 37.3 Å². The summed E-state index contributed by atoms with van der Waals surface area (Å²) in [6.45, 7) is 11.4. The molecule has 6 heteroatoms. The molecular formula is C20H29N3O2S. The normalized spacial score (nSPS) is 15.5. The second-order valence-corrected chi connectivity index (χ2v) is 8.01. The first-order chi connectivity index (χ1) is 12.6. The van der Waals surface area contributed by atoms with Gasteiger partial charge in [-0.05, 0) is 43.5 Å². The van der Waals surface area contributed by atoms with Gasteiger partial charge in [0.2, 0.25) is 5.91 Å². The average Bonchev–Trinajstić information content (AvgIpc) is 3.03. The number of ether oxygens (including phenoxy) is 1. The lowest BCUT2D eigenvalue weighted by Crippen LogP contribution is -2.43. The van der Waals surface area contributed by atoms with E-state index in [2.05, 4.69) is 37.8 Å².